The van der Waals surface area contributed by atoms with Crippen LogP contribution in [0.2, 0.25) is 0 Å². The van der Waals surface area contributed by atoms with Crippen LogP contribution in [0.25, 0.3) is 0 Å². The first kappa shape index (κ1) is 29.2. The first-order valence-corrected chi connectivity index (χ1v) is 11.8. The van der Waals surface area contributed by atoms with Crippen molar-refractivity contribution in [3.05, 3.63) is 29.8 Å². The number of aliphatic carboxylic acids is 1. The van der Waals surface area contributed by atoms with Crippen molar-refractivity contribution in [2.24, 2.45) is 5.73 Å². The number of nitrogens with two attached hydrogens (primary N) is 1. The zero-order chi connectivity index (χ0) is 25.8. The molecule has 0 radical (unpaired) electrons. The van der Waals surface area contributed by atoms with E-state index in [2.05, 4.69) is 16.0 Å². The molecular weight excluding hydrogens is 468 g/mol. The monoisotopic (exact) mass is 500 g/mol. The van der Waals surface area contributed by atoms with Gasteiger partial charge in [0.15, 0.2) is 6.04 Å². The molecule has 1 aromatic carbocycles. The van der Waals surface area contributed by atoms with Gasteiger partial charge in [0, 0.05) is 0 Å². The average molecular weight is 501 g/mol. The topological polar surface area (TPSA) is 211 Å². The number of aliphatic hydroxyl groups is 2. The summed E-state index contributed by atoms with van der Waals surface area (Å²) >= 11 is 1.42. The van der Waals surface area contributed by atoms with Crippen molar-refractivity contribution in [3.63, 3.8) is 0 Å². The molecule has 0 spiro atoms. The summed E-state index contributed by atoms with van der Waals surface area (Å²) in [5.41, 5.74) is 6.66. The Morgan fingerprint density at radius 1 is 1.00 bits per heavy atom. The standard InChI is InChI=1S/C21H32N4O8S/c1-11(27)17(21(32)33)25-20(31)16(10-26)24-19(30)15(7-8-34-2)23-18(29)14(22)9-12-3-5-13(28)6-4-12/h3-6,11,14-17,26-28H,7-10,22H2,1-2H3,(H,23,29)(H,24,30)(H,25,31)(H,32,33). The Bertz CT molecular complexity index is 837. The summed E-state index contributed by atoms with van der Waals surface area (Å²) in [5.74, 6) is -3.31. The maximum atomic E-state index is 12.8. The van der Waals surface area contributed by atoms with Crippen molar-refractivity contribution in [2.45, 2.75) is 50.0 Å². The number of carbonyl (C=O) groups is 4. The zero-order valence-electron chi connectivity index (χ0n) is 18.9. The first-order chi connectivity index (χ1) is 16.0. The number of aliphatic hydroxyl groups excluding tert-OH is 2. The Morgan fingerprint density at radius 3 is 2.06 bits per heavy atom. The molecule has 34 heavy (non-hydrogen) atoms. The second-order valence-electron chi connectivity index (χ2n) is 7.63. The highest BCUT2D eigenvalue weighted by atomic mass is 32.2. The normalized spacial score (nSPS) is 15.3. The predicted molar refractivity (Wildman–Crippen MR) is 125 cm³/mol. The molecular formula is C21H32N4O8S. The van der Waals surface area contributed by atoms with Gasteiger partial charge in [-0.2, -0.15) is 11.8 Å². The van der Waals surface area contributed by atoms with Crippen molar-refractivity contribution in [1.29, 1.82) is 0 Å². The Kier molecular flexibility index (Phi) is 12.4. The van der Waals surface area contributed by atoms with Crippen LogP contribution in [-0.2, 0) is 25.6 Å². The molecule has 5 atom stereocenters. The van der Waals surface area contributed by atoms with Gasteiger partial charge in [-0.15, -0.1) is 0 Å². The molecule has 0 aromatic heterocycles. The molecule has 3 amide bonds. The zero-order valence-corrected chi connectivity index (χ0v) is 19.7. The molecule has 1 rings (SSSR count). The van der Waals surface area contributed by atoms with E-state index >= 15 is 0 Å². The first-order valence-electron chi connectivity index (χ1n) is 10.4. The molecule has 9 N–H and O–H groups in total. The van der Waals surface area contributed by atoms with Crippen LogP contribution in [0.15, 0.2) is 24.3 Å². The minimum atomic E-state index is -1.64. The highest BCUT2D eigenvalue weighted by Crippen LogP contribution is 2.11. The van der Waals surface area contributed by atoms with Crippen molar-refractivity contribution < 1.29 is 39.6 Å². The molecule has 0 saturated heterocycles. The predicted octanol–water partition coefficient (Wildman–Crippen LogP) is -2.07. The van der Waals surface area contributed by atoms with Gasteiger partial charge in [-0.3, -0.25) is 14.4 Å². The summed E-state index contributed by atoms with van der Waals surface area (Å²) in [4.78, 5) is 48.9. The van der Waals surface area contributed by atoms with E-state index in [1.165, 1.54) is 30.8 Å². The Morgan fingerprint density at radius 2 is 1.56 bits per heavy atom. The molecule has 0 fully saturated rings. The molecule has 0 aliphatic rings. The van der Waals surface area contributed by atoms with Gasteiger partial charge in [-0.05, 0) is 49.5 Å². The molecule has 0 aliphatic heterocycles. The van der Waals surface area contributed by atoms with Gasteiger partial charge < -0.3 is 42.1 Å². The number of thioether (sulfide) groups is 1. The maximum absolute atomic E-state index is 12.8. The molecule has 0 heterocycles. The summed E-state index contributed by atoms with van der Waals surface area (Å²) in [6.07, 6.45) is 0.746. The number of carbonyl (C=O) groups excluding carboxylic acids is 3. The van der Waals surface area contributed by atoms with E-state index in [0.717, 1.165) is 0 Å². The number of rotatable bonds is 14. The van der Waals surface area contributed by atoms with Crippen LogP contribution in [0.1, 0.15) is 18.9 Å². The van der Waals surface area contributed by atoms with Gasteiger partial charge in [-0.25, -0.2) is 4.79 Å². The molecule has 190 valence electrons. The van der Waals surface area contributed by atoms with Crippen molar-refractivity contribution >= 4 is 35.5 Å². The van der Waals surface area contributed by atoms with Crippen LogP contribution < -0.4 is 21.7 Å². The average Bonchev–Trinajstić information content (AvgIpc) is 2.78. The number of aromatic hydroxyl groups is 1. The second-order valence-corrected chi connectivity index (χ2v) is 8.61. The van der Waals surface area contributed by atoms with Crippen molar-refractivity contribution in [1.82, 2.24) is 16.0 Å². The van der Waals surface area contributed by atoms with Crippen molar-refractivity contribution in [3.8, 4) is 5.75 Å². The minimum absolute atomic E-state index is 0.0705. The number of carboxylic acids is 1. The highest BCUT2D eigenvalue weighted by Gasteiger charge is 2.31. The lowest BCUT2D eigenvalue weighted by Crippen LogP contribution is -2.59. The lowest BCUT2D eigenvalue weighted by molar-refractivity contribution is -0.145. The fraction of sp³-hybridized carbons (Fsp3) is 0.524. The van der Waals surface area contributed by atoms with Gasteiger partial charge in [0.1, 0.15) is 17.8 Å². The molecule has 12 nitrogen and oxygen atoms in total. The number of phenols is 1. The van der Waals surface area contributed by atoms with Gasteiger partial charge >= 0.3 is 5.97 Å². The smallest absolute Gasteiger partial charge is 0.328 e. The third kappa shape index (κ3) is 9.55. The number of hydrogen-bond donors (Lipinski definition) is 8. The summed E-state index contributed by atoms with van der Waals surface area (Å²) in [6.45, 7) is 0.328. The molecule has 0 saturated carbocycles. The summed E-state index contributed by atoms with van der Waals surface area (Å²) in [6, 6.07) is 0.941. The number of phenolic OH excluding ortho intramolecular Hbond substituents is 1. The van der Waals surface area contributed by atoms with Gasteiger partial charge in [0.25, 0.3) is 0 Å². The third-order valence-corrected chi connectivity index (χ3v) is 5.48. The lowest BCUT2D eigenvalue weighted by Gasteiger charge is -2.25. The van der Waals surface area contributed by atoms with Crippen LogP contribution in [-0.4, -0.2) is 93.0 Å². The van der Waals surface area contributed by atoms with Gasteiger partial charge in [0.05, 0.1) is 18.8 Å². The van der Waals surface area contributed by atoms with Crippen LogP contribution in [0.3, 0.4) is 0 Å². The number of nitrogens with one attached hydrogen (secondary N) is 3. The lowest BCUT2D eigenvalue weighted by atomic mass is 10.0. The second kappa shape index (κ2) is 14.4. The Hall–Kier alpha value is -2.87. The highest BCUT2D eigenvalue weighted by molar-refractivity contribution is 7.98. The largest absolute Gasteiger partial charge is 0.508 e. The van der Waals surface area contributed by atoms with Crippen LogP contribution in [0.5, 0.6) is 5.75 Å². The van der Waals surface area contributed by atoms with Crippen LogP contribution >= 0.6 is 11.8 Å². The number of carboxylic acid groups (broad SMARTS) is 1. The van der Waals surface area contributed by atoms with E-state index < -0.39 is 60.6 Å². The fourth-order valence-electron chi connectivity index (χ4n) is 2.87. The quantitative estimate of drug-likeness (QED) is 0.140. The van der Waals surface area contributed by atoms with Gasteiger partial charge in [0.2, 0.25) is 17.7 Å². The minimum Gasteiger partial charge on any atom is -0.508 e. The summed E-state index contributed by atoms with van der Waals surface area (Å²) in [5, 5.41) is 44.4. The van der Waals surface area contributed by atoms with E-state index in [0.29, 0.717) is 11.3 Å². The van der Waals surface area contributed by atoms with Gasteiger partial charge in [-0.1, -0.05) is 12.1 Å². The van der Waals surface area contributed by atoms with E-state index in [9.17, 15) is 34.5 Å². The summed E-state index contributed by atoms with van der Waals surface area (Å²) in [7, 11) is 0. The Labute approximate surface area is 201 Å². The van der Waals surface area contributed by atoms with E-state index in [-0.39, 0.29) is 18.6 Å². The molecule has 13 heteroatoms. The van der Waals surface area contributed by atoms with E-state index in [1.54, 1.807) is 18.4 Å². The molecule has 1 aromatic rings. The third-order valence-electron chi connectivity index (χ3n) is 4.83. The fourth-order valence-corrected chi connectivity index (χ4v) is 3.34. The molecule has 5 unspecified atom stereocenters. The summed E-state index contributed by atoms with van der Waals surface area (Å²) < 4.78 is 0. The number of hydrogen-bond acceptors (Lipinski definition) is 9. The van der Waals surface area contributed by atoms with E-state index in [1.807, 2.05) is 0 Å². The number of benzene rings is 1. The van der Waals surface area contributed by atoms with Crippen LogP contribution in [0, 0.1) is 0 Å². The molecule has 0 bridgehead atoms. The van der Waals surface area contributed by atoms with E-state index in [4.69, 9.17) is 10.8 Å². The molecule has 0 aliphatic carbocycles. The Balaban J connectivity index is 2.83. The number of amides is 3. The SMILES string of the molecule is CSCCC(NC(=O)C(N)Cc1ccc(O)cc1)C(=O)NC(CO)C(=O)NC(C(=O)O)C(C)O. The van der Waals surface area contributed by atoms with Crippen LogP contribution in [0.4, 0.5) is 0 Å². The van der Waals surface area contributed by atoms with Crippen molar-refractivity contribution in [2.75, 3.05) is 18.6 Å². The maximum Gasteiger partial charge on any atom is 0.328 e.